The zero-order valence-corrected chi connectivity index (χ0v) is 16.3. The van der Waals surface area contributed by atoms with Crippen molar-refractivity contribution in [2.75, 3.05) is 13.2 Å². The second kappa shape index (κ2) is 8.74. The number of nitrogens with one attached hydrogen (secondary N) is 1. The first-order valence-electron chi connectivity index (χ1n) is 8.08. The van der Waals surface area contributed by atoms with Crippen LogP contribution in [0.4, 0.5) is 4.39 Å². The summed E-state index contributed by atoms with van der Waals surface area (Å²) in [5, 5.41) is 18.8. The summed E-state index contributed by atoms with van der Waals surface area (Å²) in [5.74, 6) is -0.913. The Morgan fingerprint density at radius 1 is 1.37 bits per heavy atom. The molecule has 0 saturated heterocycles. The second-order valence-corrected chi connectivity index (χ2v) is 7.11. The predicted molar refractivity (Wildman–Crippen MR) is 104 cm³/mol. The van der Waals surface area contributed by atoms with Crippen molar-refractivity contribution in [3.63, 3.8) is 0 Å². The summed E-state index contributed by atoms with van der Waals surface area (Å²) < 4.78 is 16.7. The van der Waals surface area contributed by atoms with Crippen LogP contribution in [0.5, 0.6) is 0 Å². The SMILES string of the molecule is O=C(NOC[C@H](O)CO)c1cc2ccncc2n1Cc1ccc(I)cc1F. The molecular weight excluding hydrogens is 468 g/mol. The Hall–Kier alpha value is -2.08. The molecule has 0 radical (unpaired) electrons. The van der Waals surface area contributed by atoms with Crippen molar-refractivity contribution in [3.05, 3.63) is 63.4 Å². The van der Waals surface area contributed by atoms with E-state index in [0.717, 1.165) is 8.96 Å². The highest BCUT2D eigenvalue weighted by molar-refractivity contribution is 14.1. The van der Waals surface area contributed by atoms with E-state index in [1.807, 2.05) is 22.6 Å². The van der Waals surface area contributed by atoms with Gasteiger partial charge in [-0.2, -0.15) is 0 Å². The predicted octanol–water partition coefficient (Wildman–Crippen LogP) is 1.84. The number of carbonyl (C=O) groups excluding carboxylic acids is 1. The molecule has 2 aromatic heterocycles. The number of halogens is 2. The van der Waals surface area contributed by atoms with Crippen LogP contribution in [-0.4, -0.2) is 45.0 Å². The van der Waals surface area contributed by atoms with Crippen molar-refractivity contribution in [3.8, 4) is 0 Å². The average molecular weight is 485 g/mol. The number of hydrogen-bond acceptors (Lipinski definition) is 5. The molecule has 0 unspecified atom stereocenters. The lowest BCUT2D eigenvalue weighted by Crippen LogP contribution is -2.31. The Kier molecular flexibility index (Phi) is 6.37. The highest BCUT2D eigenvalue weighted by atomic mass is 127. The molecule has 0 spiro atoms. The van der Waals surface area contributed by atoms with Crippen LogP contribution in [0.3, 0.4) is 0 Å². The number of aliphatic hydroxyl groups excluding tert-OH is 2. The van der Waals surface area contributed by atoms with E-state index < -0.39 is 18.6 Å². The van der Waals surface area contributed by atoms with Crippen molar-refractivity contribution in [1.82, 2.24) is 15.0 Å². The summed E-state index contributed by atoms with van der Waals surface area (Å²) in [5.41, 5.74) is 3.60. The number of carbonyl (C=O) groups is 1. The van der Waals surface area contributed by atoms with Gasteiger partial charge in [0.15, 0.2) is 0 Å². The molecular formula is C18H17FIN3O4. The number of hydroxylamine groups is 1. The van der Waals surface area contributed by atoms with Crippen LogP contribution in [0.2, 0.25) is 0 Å². The molecule has 1 atom stereocenters. The maximum atomic E-state index is 14.3. The van der Waals surface area contributed by atoms with Gasteiger partial charge in [-0.25, -0.2) is 9.87 Å². The van der Waals surface area contributed by atoms with E-state index >= 15 is 0 Å². The van der Waals surface area contributed by atoms with E-state index in [-0.39, 0.29) is 24.7 Å². The number of aromatic nitrogens is 2. The third-order valence-electron chi connectivity index (χ3n) is 3.93. The monoisotopic (exact) mass is 485 g/mol. The van der Waals surface area contributed by atoms with Gasteiger partial charge in [0.1, 0.15) is 24.2 Å². The number of aliphatic hydroxyl groups is 2. The van der Waals surface area contributed by atoms with Crippen LogP contribution in [-0.2, 0) is 11.4 Å². The van der Waals surface area contributed by atoms with Crippen LogP contribution >= 0.6 is 22.6 Å². The van der Waals surface area contributed by atoms with Crippen LogP contribution in [0, 0.1) is 9.39 Å². The van der Waals surface area contributed by atoms with Gasteiger partial charge in [-0.15, -0.1) is 0 Å². The summed E-state index contributed by atoms with van der Waals surface area (Å²) in [4.78, 5) is 21.5. The van der Waals surface area contributed by atoms with Gasteiger partial charge in [0.2, 0.25) is 0 Å². The topological polar surface area (TPSA) is 96.6 Å². The van der Waals surface area contributed by atoms with Gasteiger partial charge in [-0.3, -0.25) is 14.6 Å². The van der Waals surface area contributed by atoms with E-state index in [4.69, 9.17) is 9.94 Å². The average Bonchev–Trinajstić information content (AvgIpc) is 3.02. The number of benzene rings is 1. The van der Waals surface area contributed by atoms with Gasteiger partial charge in [0.25, 0.3) is 5.91 Å². The molecule has 0 fully saturated rings. The quantitative estimate of drug-likeness (QED) is 0.351. The van der Waals surface area contributed by atoms with Gasteiger partial charge >= 0.3 is 0 Å². The summed E-state index contributed by atoms with van der Waals surface area (Å²) in [7, 11) is 0. The standard InChI is InChI=1S/C18H17FIN3O4/c19-15-6-13(20)2-1-12(15)8-23-16(5-11-3-4-21-7-17(11)23)18(26)22-27-10-14(25)9-24/h1-7,14,24-25H,8-10H2,(H,22,26)/t14-/m1/s1. The van der Waals surface area contributed by atoms with E-state index in [1.165, 1.54) is 6.07 Å². The molecule has 3 rings (SSSR count). The first kappa shape index (κ1) is 19.7. The molecule has 0 aliphatic heterocycles. The molecule has 0 aliphatic carbocycles. The molecule has 0 saturated carbocycles. The molecule has 142 valence electrons. The third-order valence-corrected chi connectivity index (χ3v) is 4.61. The summed E-state index contributed by atoms with van der Waals surface area (Å²) in [6.07, 6.45) is 2.11. The van der Waals surface area contributed by atoms with Crippen LogP contribution < -0.4 is 5.48 Å². The number of nitrogens with zero attached hydrogens (tertiary/aromatic N) is 2. The van der Waals surface area contributed by atoms with Gasteiger partial charge in [-0.1, -0.05) is 6.07 Å². The fourth-order valence-corrected chi connectivity index (χ4v) is 3.04. The number of rotatable bonds is 7. The number of hydrogen-bond donors (Lipinski definition) is 3. The minimum Gasteiger partial charge on any atom is -0.394 e. The summed E-state index contributed by atoms with van der Waals surface area (Å²) >= 11 is 2.03. The molecule has 9 heteroatoms. The fraction of sp³-hybridized carbons (Fsp3) is 0.222. The molecule has 1 amide bonds. The lowest BCUT2D eigenvalue weighted by molar-refractivity contribution is -0.0298. The molecule has 0 bridgehead atoms. The molecule has 0 aliphatic rings. The van der Waals surface area contributed by atoms with Crippen LogP contribution in [0.15, 0.2) is 42.7 Å². The number of amides is 1. The zero-order valence-electron chi connectivity index (χ0n) is 14.1. The maximum absolute atomic E-state index is 14.3. The van der Waals surface area contributed by atoms with Gasteiger partial charge in [0, 0.05) is 20.7 Å². The normalized spacial score (nSPS) is 12.3. The minimum absolute atomic E-state index is 0.139. The second-order valence-electron chi connectivity index (χ2n) is 5.86. The van der Waals surface area contributed by atoms with Crippen molar-refractivity contribution in [2.24, 2.45) is 0 Å². The fourth-order valence-electron chi connectivity index (χ4n) is 2.59. The summed E-state index contributed by atoms with van der Waals surface area (Å²) in [6, 6.07) is 8.31. The lowest BCUT2D eigenvalue weighted by atomic mass is 10.2. The highest BCUT2D eigenvalue weighted by Gasteiger charge is 2.18. The van der Waals surface area contributed by atoms with E-state index in [1.54, 1.807) is 41.2 Å². The molecule has 3 N–H and O–H groups in total. The van der Waals surface area contributed by atoms with Crippen molar-refractivity contribution in [2.45, 2.75) is 12.6 Å². The molecule has 2 heterocycles. The van der Waals surface area contributed by atoms with E-state index in [9.17, 15) is 14.3 Å². The molecule has 1 aromatic carbocycles. The third kappa shape index (κ3) is 4.61. The smallest absolute Gasteiger partial charge is 0.291 e. The van der Waals surface area contributed by atoms with E-state index in [0.29, 0.717) is 11.1 Å². The van der Waals surface area contributed by atoms with Crippen molar-refractivity contribution in [1.29, 1.82) is 0 Å². The molecule has 27 heavy (non-hydrogen) atoms. The minimum atomic E-state index is -1.10. The maximum Gasteiger partial charge on any atom is 0.291 e. The lowest BCUT2D eigenvalue weighted by Gasteiger charge is -2.13. The number of pyridine rings is 1. The Morgan fingerprint density at radius 3 is 2.93 bits per heavy atom. The highest BCUT2D eigenvalue weighted by Crippen LogP contribution is 2.22. The molecule has 7 nitrogen and oxygen atoms in total. The van der Waals surface area contributed by atoms with Crippen LogP contribution in [0.25, 0.3) is 10.9 Å². The Bertz CT molecular complexity index is 963. The first-order chi connectivity index (χ1) is 13.0. The first-order valence-corrected chi connectivity index (χ1v) is 9.15. The Labute approximate surface area is 167 Å². The zero-order chi connectivity index (χ0) is 19.4. The Balaban J connectivity index is 1.90. The largest absolute Gasteiger partial charge is 0.394 e. The van der Waals surface area contributed by atoms with Crippen LogP contribution in [0.1, 0.15) is 16.1 Å². The van der Waals surface area contributed by atoms with Gasteiger partial charge in [-0.05, 0) is 46.9 Å². The summed E-state index contributed by atoms with van der Waals surface area (Å²) in [6.45, 7) is -0.594. The van der Waals surface area contributed by atoms with Gasteiger partial charge < -0.3 is 14.8 Å². The van der Waals surface area contributed by atoms with Crippen molar-refractivity contribution < 1.29 is 24.2 Å². The van der Waals surface area contributed by atoms with E-state index in [2.05, 4.69) is 10.5 Å². The molecule has 3 aromatic rings. The van der Waals surface area contributed by atoms with Crippen molar-refractivity contribution >= 4 is 39.4 Å². The van der Waals surface area contributed by atoms with Gasteiger partial charge in [0.05, 0.1) is 24.9 Å². The Morgan fingerprint density at radius 2 is 2.19 bits per heavy atom. The number of fused-ring (bicyclic) bond motifs is 1.